The zero-order valence-electron chi connectivity index (χ0n) is 14.8. The van der Waals surface area contributed by atoms with E-state index in [4.69, 9.17) is 0 Å². The lowest BCUT2D eigenvalue weighted by Crippen LogP contribution is -2.26. The Morgan fingerprint density at radius 2 is 1.88 bits per heavy atom. The van der Waals surface area contributed by atoms with Crippen molar-refractivity contribution < 1.29 is 4.79 Å². The standard InChI is InChI=1S/C20H22N4O2/c1-2-3-6-15-9-11-16(12-10-15)21-19(25)13-14-24-20(26)17-7-4-5-8-18(17)22-23-24/h4-5,7-12H,2-3,6,13-14H2,1H3,(H,21,25). The van der Waals surface area contributed by atoms with Gasteiger partial charge in [0.05, 0.1) is 11.9 Å². The lowest BCUT2D eigenvalue weighted by molar-refractivity contribution is -0.116. The summed E-state index contributed by atoms with van der Waals surface area (Å²) in [6.45, 7) is 2.36. The molecule has 6 heteroatoms. The molecule has 3 aromatic rings. The second-order valence-corrected chi connectivity index (χ2v) is 6.23. The third-order valence-corrected chi connectivity index (χ3v) is 4.24. The van der Waals surface area contributed by atoms with Crippen LogP contribution in [0.3, 0.4) is 0 Å². The van der Waals surface area contributed by atoms with Crippen LogP contribution in [0.2, 0.25) is 0 Å². The van der Waals surface area contributed by atoms with Crippen molar-refractivity contribution in [3.05, 3.63) is 64.4 Å². The molecular weight excluding hydrogens is 328 g/mol. The van der Waals surface area contributed by atoms with E-state index in [0.29, 0.717) is 10.9 Å². The molecule has 0 unspecified atom stereocenters. The Hall–Kier alpha value is -3.02. The highest BCUT2D eigenvalue weighted by Gasteiger charge is 2.08. The van der Waals surface area contributed by atoms with Gasteiger partial charge in [0.25, 0.3) is 5.56 Å². The second kappa shape index (κ2) is 8.38. The first-order chi connectivity index (χ1) is 12.7. The number of hydrogen-bond donors (Lipinski definition) is 1. The minimum atomic E-state index is -0.233. The van der Waals surface area contributed by atoms with Gasteiger partial charge in [0.15, 0.2) is 0 Å². The molecule has 134 valence electrons. The van der Waals surface area contributed by atoms with E-state index in [1.807, 2.05) is 30.3 Å². The number of hydrogen-bond acceptors (Lipinski definition) is 4. The second-order valence-electron chi connectivity index (χ2n) is 6.23. The number of benzene rings is 2. The van der Waals surface area contributed by atoms with E-state index in [1.165, 1.54) is 10.2 Å². The predicted octanol–water partition coefficient (Wildman–Crippen LogP) is 3.16. The largest absolute Gasteiger partial charge is 0.326 e. The summed E-state index contributed by atoms with van der Waals surface area (Å²) < 4.78 is 1.23. The Morgan fingerprint density at radius 3 is 2.65 bits per heavy atom. The number of nitrogens with zero attached hydrogens (tertiary/aromatic N) is 3. The van der Waals surface area contributed by atoms with Gasteiger partial charge in [0, 0.05) is 12.1 Å². The molecule has 1 aromatic heterocycles. The average Bonchev–Trinajstić information content (AvgIpc) is 2.67. The number of amides is 1. The maximum atomic E-state index is 12.4. The normalized spacial score (nSPS) is 10.8. The van der Waals surface area contributed by atoms with Crippen molar-refractivity contribution in [1.82, 2.24) is 15.0 Å². The summed E-state index contributed by atoms with van der Waals surface area (Å²) in [6.07, 6.45) is 3.53. The highest BCUT2D eigenvalue weighted by atomic mass is 16.2. The number of aryl methyl sites for hydroxylation is 2. The van der Waals surface area contributed by atoms with Crippen molar-refractivity contribution in [3.8, 4) is 0 Å². The van der Waals surface area contributed by atoms with Gasteiger partial charge in [-0.1, -0.05) is 42.8 Å². The molecule has 1 heterocycles. The van der Waals surface area contributed by atoms with Crippen molar-refractivity contribution >= 4 is 22.5 Å². The van der Waals surface area contributed by atoms with E-state index >= 15 is 0 Å². The van der Waals surface area contributed by atoms with Crippen LogP contribution in [-0.4, -0.2) is 20.9 Å². The SMILES string of the molecule is CCCCc1ccc(NC(=O)CCn2nnc3ccccc3c2=O)cc1. The molecule has 0 aliphatic heterocycles. The number of anilines is 1. The molecule has 1 amide bonds. The fourth-order valence-electron chi connectivity index (χ4n) is 2.74. The summed E-state index contributed by atoms with van der Waals surface area (Å²) in [7, 11) is 0. The number of fused-ring (bicyclic) bond motifs is 1. The smallest absolute Gasteiger partial charge is 0.277 e. The molecule has 26 heavy (non-hydrogen) atoms. The van der Waals surface area contributed by atoms with Gasteiger partial charge in [0.2, 0.25) is 5.91 Å². The summed E-state index contributed by atoms with van der Waals surface area (Å²) in [4.78, 5) is 24.5. The van der Waals surface area contributed by atoms with E-state index in [9.17, 15) is 9.59 Å². The Kier molecular flexibility index (Phi) is 5.73. The number of unbranched alkanes of at least 4 members (excludes halogenated alkanes) is 1. The fourth-order valence-corrected chi connectivity index (χ4v) is 2.74. The molecule has 3 rings (SSSR count). The maximum absolute atomic E-state index is 12.4. The van der Waals surface area contributed by atoms with E-state index in [0.717, 1.165) is 24.9 Å². The van der Waals surface area contributed by atoms with Crippen LogP contribution in [0, 0.1) is 0 Å². The van der Waals surface area contributed by atoms with Crippen LogP contribution in [0.5, 0.6) is 0 Å². The van der Waals surface area contributed by atoms with E-state index in [-0.39, 0.29) is 24.4 Å². The quantitative estimate of drug-likeness (QED) is 0.710. The Morgan fingerprint density at radius 1 is 1.12 bits per heavy atom. The van der Waals surface area contributed by atoms with Gasteiger partial charge in [-0.2, -0.15) is 0 Å². The lowest BCUT2D eigenvalue weighted by Gasteiger charge is -2.07. The van der Waals surface area contributed by atoms with Crippen LogP contribution < -0.4 is 10.9 Å². The van der Waals surface area contributed by atoms with E-state index in [2.05, 4.69) is 22.6 Å². The van der Waals surface area contributed by atoms with Crippen LogP contribution in [0.1, 0.15) is 31.7 Å². The first-order valence-electron chi connectivity index (χ1n) is 8.88. The Labute approximate surface area is 151 Å². The highest BCUT2D eigenvalue weighted by Crippen LogP contribution is 2.12. The highest BCUT2D eigenvalue weighted by molar-refractivity contribution is 5.90. The van der Waals surface area contributed by atoms with Crippen molar-refractivity contribution in [3.63, 3.8) is 0 Å². The molecule has 1 N–H and O–H groups in total. The van der Waals surface area contributed by atoms with Crippen molar-refractivity contribution in [2.45, 2.75) is 39.2 Å². The average molecular weight is 350 g/mol. The van der Waals surface area contributed by atoms with Gasteiger partial charge in [0.1, 0.15) is 5.52 Å². The molecule has 0 spiro atoms. The molecule has 0 atom stereocenters. The summed E-state index contributed by atoms with van der Waals surface area (Å²) in [6, 6.07) is 14.9. The minimum Gasteiger partial charge on any atom is -0.326 e. The van der Waals surface area contributed by atoms with Crippen molar-refractivity contribution in [1.29, 1.82) is 0 Å². The van der Waals surface area contributed by atoms with Crippen molar-refractivity contribution in [2.24, 2.45) is 0 Å². The number of nitrogens with one attached hydrogen (secondary N) is 1. The first kappa shape index (κ1) is 17.8. The van der Waals surface area contributed by atoms with Gasteiger partial charge in [-0.25, -0.2) is 4.68 Å². The zero-order valence-corrected chi connectivity index (χ0v) is 14.8. The molecular formula is C20H22N4O2. The number of carbonyl (C=O) groups excluding carboxylic acids is 1. The van der Waals surface area contributed by atoms with Crippen LogP contribution in [0.25, 0.3) is 10.9 Å². The van der Waals surface area contributed by atoms with Gasteiger partial charge in [-0.05, 0) is 42.7 Å². The molecule has 0 saturated heterocycles. The topological polar surface area (TPSA) is 76.9 Å². The van der Waals surface area contributed by atoms with Crippen LogP contribution in [0.4, 0.5) is 5.69 Å². The molecule has 0 aliphatic carbocycles. The summed E-state index contributed by atoms with van der Waals surface area (Å²) in [5, 5.41) is 11.3. The van der Waals surface area contributed by atoms with Crippen LogP contribution in [-0.2, 0) is 17.8 Å². The third kappa shape index (κ3) is 4.33. The maximum Gasteiger partial charge on any atom is 0.277 e. The molecule has 2 aromatic carbocycles. The van der Waals surface area contributed by atoms with Crippen LogP contribution >= 0.6 is 0 Å². The summed E-state index contributed by atoms with van der Waals surface area (Å²) >= 11 is 0. The van der Waals surface area contributed by atoms with E-state index < -0.39 is 0 Å². The molecule has 0 bridgehead atoms. The molecule has 0 saturated carbocycles. The summed E-state index contributed by atoms with van der Waals surface area (Å²) in [5.74, 6) is -0.159. The summed E-state index contributed by atoms with van der Waals surface area (Å²) in [5.41, 5.74) is 2.35. The third-order valence-electron chi connectivity index (χ3n) is 4.24. The monoisotopic (exact) mass is 350 g/mol. The first-order valence-corrected chi connectivity index (χ1v) is 8.88. The number of carbonyl (C=O) groups is 1. The van der Waals surface area contributed by atoms with Crippen molar-refractivity contribution in [2.75, 3.05) is 5.32 Å². The molecule has 0 aliphatic rings. The Balaban J connectivity index is 1.59. The van der Waals surface area contributed by atoms with Gasteiger partial charge in [-0.15, -0.1) is 5.10 Å². The molecule has 0 radical (unpaired) electrons. The Bertz CT molecular complexity index is 948. The fraction of sp³-hybridized carbons (Fsp3) is 0.300. The lowest BCUT2D eigenvalue weighted by atomic mass is 10.1. The number of aromatic nitrogens is 3. The van der Waals surface area contributed by atoms with Crippen LogP contribution in [0.15, 0.2) is 53.3 Å². The minimum absolute atomic E-state index is 0.157. The number of rotatable bonds is 7. The van der Waals surface area contributed by atoms with Gasteiger partial charge >= 0.3 is 0 Å². The predicted molar refractivity (Wildman–Crippen MR) is 102 cm³/mol. The zero-order chi connectivity index (χ0) is 18.4. The molecule has 6 nitrogen and oxygen atoms in total. The van der Waals surface area contributed by atoms with Gasteiger partial charge < -0.3 is 5.32 Å². The van der Waals surface area contributed by atoms with E-state index in [1.54, 1.807) is 18.2 Å². The van der Waals surface area contributed by atoms with Gasteiger partial charge in [-0.3, -0.25) is 9.59 Å². The molecule has 0 fully saturated rings.